The van der Waals surface area contributed by atoms with Gasteiger partial charge in [0.15, 0.2) is 0 Å². The Morgan fingerprint density at radius 1 is 0.644 bits per heavy atom. The highest BCUT2D eigenvalue weighted by molar-refractivity contribution is 5.78. The molecule has 0 aliphatic rings. The molecule has 4 aromatic carbocycles. The number of pyridine rings is 2. The number of carboxylic acid groups (broad SMARTS) is 1. The Balaban J connectivity index is 0.000000240. The number of carbonyl (C=O) groups is 2. The molecule has 2 heterocycles. The average Bonchev–Trinajstić information content (AvgIpc) is 3.20. The van der Waals surface area contributed by atoms with E-state index in [0.29, 0.717) is 52.5 Å². The highest BCUT2D eigenvalue weighted by Crippen LogP contribution is 2.34. The Morgan fingerprint density at radius 3 is 1.49 bits per heavy atom. The van der Waals surface area contributed by atoms with Crippen LogP contribution in [0.25, 0.3) is 22.3 Å². The highest BCUT2D eigenvalue weighted by atomic mass is 16.6. The van der Waals surface area contributed by atoms with Crippen LogP contribution in [0.4, 0.5) is 17.1 Å². The summed E-state index contributed by atoms with van der Waals surface area (Å²) < 4.78 is 13.9. The van der Waals surface area contributed by atoms with Gasteiger partial charge in [0, 0.05) is 79.0 Å². The third-order valence-corrected chi connectivity index (χ3v) is 8.47. The van der Waals surface area contributed by atoms with Crippen molar-refractivity contribution in [2.75, 3.05) is 20.0 Å². The summed E-state index contributed by atoms with van der Waals surface area (Å²) in [5.41, 5.74) is 11.1. The minimum absolute atomic E-state index is 0.00186. The van der Waals surface area contributed by atoms with Gasteiger partial charge < -0.3 is 29.4 Å². The summed E-state index contributed by atoms with van der Waals surface area (Å²) in [6, 6.07) is 29.7. The second kappa shape index (κ2) is 20.3. The average molecular weight is 804 g/mol. The number of carbonyl (C=O) groups excluding carboxylic acids is 1. The van der Waals surface area contributed by atoms with E-state index in [4.69, 9.17) is 25.1 Å². The quantitative estimate of drug-likeness (QED) is 0.0965. The van der Waals surface area contributed by atoms with E-state index in [1.807, 2.05) is 24.3 Å². The Bertz CT molecular complexity index is 2610. The number of aliphatic carboxylic acids is 1. The Hall–Kier alpha value is -7.88. The van der Waals surface area contributed by atoms with E-state index in [1.54, 1.807) is 60.9 Å². The Morgan fingerprint density at radius 2 is 1.07 bits per heavy atom. The molecule has 0 aliphatic carbocycles. The number of carboxylic acids is 1. The number of nitrogens with two attached hydrogens (primary N) is 1. The standard InChI is InChI=1S/C22H20N2O5.C19H17N3O4.C2H4O2/c1-15(25)10-16-7-9-22(26)23(13-16)14-17-6-8-21(29-2)20(11-17)18-4-3-5-19(12-18)24(27)28;1-26-18-7-5-13(11-21-12-15(20)6-8-19(21)23)9-17(18)14-3-2-4-16(10-14)22(24)25;1-2(3)4/h3-9,11-13H,10,14H2,1-2H3;2-10,12H,11,20H2,1H3;1H3,(H,3,4). The number of rotatable bonds is 12. The van der Waals surface area contributed by atoms with E-state index in [0.717, 1.165) is 23.6 Å². The fourth-order valence-corrected chi connectivity index (χ4v) is 5.90. The molecular formula is C43H41N5O11. The Labute approximate surface area is 337 Å². The molecule has 0 aliphatic heterocycles. The van der Waals surface area contributed by atoms with E-state index in [9.17, 15) is 34.6 Å². The molecule has 6 rings (SSSR count). The summed E-state index contributed by atoms with van der Waals surface area (Å²) in [5, 5.41) is 29.6. The van der Waals surface area contributed by atoms with Crippen molar-refractivity contribution in [3.8, 4) is 33.8 Å². The van der Waals surface area contributed by atoms with Gasteiger partial charge in [0.1, 0.15) is 17.3 Å². The number of non-ortho nitro benzene ring substituents is 2. The SMILES string of the molecule is CC(=O)O.COc1ccc(Cn2cc(CC(C)=O)ccc2=O)cc1-c1cccc([N+](=O)[O-])c1.COc1ccc(Cn2cc(N)ccc2=O)cc1-c1cccc([N+](=O)[O-])c1. The monoisotopic (exact) mass is 803 g/mol. The highest BCUT2D eigenvalue weighted by Gasteiger charge is 2.14. The zero-order valence-electron chi connectivity index (χ0n) is 32.6. The number of nitrogen functional groups attached to an aromatic ring is 1. The number of hydrogen-bond donors (Lipinski definition) is 2. The second-order valence-corrected chi connectivity index (χ2v) is 13.0. The number of anilines is 1. The number of ketones is 1. The van der Waals surface area contributed by atoms with Gasteiger partial charge in [-0.15, -0.1) is 0 Å². The van der Waals surface area contributed by atoms with Crippen LogP contribution in [0.1, 0.15) is 30.5 Å². The van der Waals surface area contributed by atoms with Gasteiger partial charge in [-0.2, -0.15) is 0 Å². The Kier molecular flexibility index (Phi) is 15.1. The number of benzene rings is 4. The van der Waals surface area contributed by atoms with Crippen LogP contribution in [0.15, 0.2) is 131 Å². The molecule has 0 atom stereocenters. The van der Waals surface area contributed by atoms with Crippen LogP contribution in [0, 0.1) is 20.2 Å². The van der Waals surface area contributed by atoms with Crippen molar-refractivity contribution < 1.29 is 34.0 Å². The van der Waals surface area contributed by atoms with Crippen LogP contribution < -0.4 is 26.3 Å². The van der Waals surface area contributed by atoms with Crippen molar-refractivity contribution in [3.05, 3.63) is 179 Å². The molecule has 0 saturated heterocycles. The predicted octanol–water partition coefficient (Wildman–Crippen LogP) is 6.77. The first kappa shape index (κ1) is 43.8. The normalized spacial score (nSPS) is 10.2. The lowest BCUT2D eigenvalue weighted by Crippen LogP contribution is -2.20. The second-order valence-electron chi connectivity index (χ2n) is 13.0. The third kappa shape index (κ3) is 12.6. The lowest BCUT2D eigenvalue weighted by Gasteiger charge is -2.13. The zero-order valence-corrected chi connectivity index (χ0v) is 32.6. The molecule has 0 fully saturated rings. The lowest BCUT2D eigenvalue weighted by atomic mass is 10.0. The van der Waals surface area contributed by atoms with E-state index >= 15 is 0 Å². The number of nitrogens with zero attached hydrogens (tertiary/aromatic N) is 4. The summed E-state index contributed by atoms with van der Waals surface area (Å²) in [6.07, 6.45) is 3.53. The van der Waals surface area contributed by atoms with Crippen molar-refractivity contribution in [2.24, 2.45) is 0 Å². The third-order valence-electron chi connectivity index (χ3n) is 8.47. The zero-order chi connectivity index (χ0) is 43.2. The van der Waals surface area contributed by atoms with Crippen LogP contribution >= 0.6 is 0 Å². The number of nitro benzene ring substituents is 2. The van der Waals surface area contributed by atoms with Gasteiger partial charge in [-0.3, -0.25) is 39.4 Å². The largest absolute Gasteiger partial charge is 0.496 e. The van der Waals surface area contributed by atoms with E-state index < -0.39 is 15.8 Å². The molecule has 3 N–H and O–H groups in total. The summed E-state index contributed by atoms with van der Waals surface area (Å²) in [7, 11) is 3.07. The number of methoxy groups -OCH3 is 2. The smallest absolute Gasteiger partial charge is 0.300 e. The van der Waals surface area contributed by atoms with Crippen LogP contribution in [0.5, 0.6) is 11.5 Å². The molecule has 0 unspecified atom stereocenters. The topological polar surface area (TPSA) is 229 Å². The first-order valence-electron chi connectivity index (χ1n) is 17.8. The number of ether oxygens (including phenoxy) is 2. The van der Waals surface area contributed by atoms with Crippen molar-refractivity contribution >= 4 is 28.8 Å². The van der Waals surface area contributed by atoms with Gasteiger partial charge >= 0.3 is 0 Å². The van der Waals surface area contributed by atoms with Crippen LogP contribution in [-0.4, -0.2) is 50.1 Å². The summed E-state index contributed by atoms with van der Waals surface area (Å²) in [6.45, 7) is 3.22. The first-order chi connectivity index (χ1) is 28.1. The summed E-state index contributed by atoms with van der Waals surface area (Å²) in [4.78, 5) is 65.8. The minimum atomic E-state index is -0.833. The molecule has 304 valence electrons. The molecule has 0 bridgehead atoms. The fourth-order valence-electron chi connectivity index (χ4n) is 5.90. The number of nitro groups is 2. The van der Waals surface area contributed by atoms with Gasteiger partial charge in [-0.1, -0.05) is 42.5 Å². The molecule has 59 heavy (non-hydrogen) atoms. The van der Waals surface area contributed by atoms with E-state index in [-0.39, 0.29) is 34.7 Å². The van der Waals surface area contributed by atoms with E-state index in [2.05, 4.69) is 0 Å². The number of hydrogen-bond acceptors (Lipinski definition) is 11. The minimum Gasteiger partial charge on any atom is -0.496 e. The fraction of sp³-hybridized carbons (Fsp3) is 0.163. The molecule has 0 radical (unpaired) electrons. The van der Waals surface area contributed by atoms with Gasteiger partial charge in [-0.05, 0) is 65.1 Å². The molecule has 0 amide bonds. The molecule has 16 heteroatoms. The van der Waals surface area contributed by atoms with Gasteiger partial charge in [0.2, 0.25) is 0 Å². The summed E-state index contributed by atoms with van der Waals surface area (Å²) >= 11 is 0. The van der Waals surface area contributed by atoms with Crippen molar-refractivity contribution in [3.63, 3.8) is 0 Å². The van der Waals surface area contributed by atoms with Gasteiger partial charge in [-0.25, -0.2) is 0 Å². The van der Waals surface area contributed by atoms with Crippen LogP contribution in [-0.2, 0) is 29.1 Å². The van der Waals surface area contributed by atoms with Crippen molar-refractivity contribution in [1.82, 2.24) is 9.13 Å². The molecule has 16 nitrogen and oxygen atoms in total. The molecule has 0 saturated carbocycles. The summed E-state index contributed by atoms with van der Waals surface area (Å²) in [5.74, 6) is 0.355. The van der Waals surface area contributed by atoms with Crippen molar-refractivity contribution in [2.45, 2.75) is 33.4 Å². The lowest BCUT2D eigenvalue weighted by molar-refractivity contribution is -0.385. The molecular weight excluding hydrogens is 762 g/mol. The molecule has 6 aromatic rings. The molecule has 2 aromatic heterocycles. The first-order valence-corrected chi connectivity index (χ1v) is 17.8. The number of aromatic nitrogens is 2. The van der Waals surface area contributed by atoms with Crippen LogP contribution in [0.2, 0.25) is 0 Å². The number of Topliss-reactive ketones (excluding diaryl/α,β-unsaturated/α-hetero) is 1. The maximum absolute atomic E-state index is 12.2. The molecule has 0 spiro atoms. The maximum atomic E-state index is 12.2. The van der Waals surface area contributed by atoms with Crippen LogP contribution in [0.3, 0.4) is 0 Å². The van der Waals surface area contributed by atoms with Crippen molar-refractivity contribution in [1.29, 1.82) is 0 Å². The van der Waals surface area contributed by atoms with Gasteiger partial charge in [0.05, 0.1) is 37.2 Å². The van der Waals surface area contributed by atoms with E-state index in [1.165, 1.54) is 66.7 Å². The predicted molar refractivity (Wildman–Crippen MR) is 222 cm³/mol. The van der Waals surface area contributed by atoms with Gasteiger partial charge in [0.25, 0.3) is 28.5 Å². The maximum Gasteiger partial charge on any atom is 0.300 e.